The zero-order valence-corrected chi connectivity index (χ0v) is 31.7. The van der Waals surface area contributed by atoms with Crippen LogP contribution in [0.5, 0.6) is 0 Å². The van der Waals surface area contributed by atoms with Crippen LogP contribution in [0.4, 0.5) is 16.4 Å². The zero-order chi connectivity index (χ0) is 39.1. The molecule has 0 bridgehead atoms. The summed E-state index contributed by atoms with van der Waals surface area (Å²) in [6.07, 6.45) is 5.13. The van der Waals surface area contributed by atoms with Crippen molar-refractivity contribution < 1.29 is 33.5 Å². The van der Waals surface area contributed by atoms with Gasteiger partial charge in [0.2, 0.25) is 35.5 Å². The molecule has 6 amide bonds. The summed E-state index contributed by atoms with van der Waals surface area (Å²) in [6, 6.07) is 8.51. The number of likely N-dealkylation sites (tertiary alicyclic amines) is 2. The van der Waals surface area contributed by atoms with Crippen LogP contribution in [0.2, 0.25) is 0 Å². The number of ether oxygens (including phenoxy) is 1. The van der Waals surface area contributed by atoms with E-state index in [1.807, 2.05) is 64.1 Å². The number of alkyl carbamates (subject to hydrolysis) is 1. The van der Waals surface area contributed by atoms with E-state index in [2.05, 4.69) is 36.0 Å². The average Bonchev–Trinajstić information content (AvgIpc) is 3.86. The number of aromatic nitrogens is 2. The van der Waals surface area contributed by atoms with E-state index in [1.165, 1.54) is 12.0 Å². The molecule has 2 aromatic carbocycles. The predicted molar refractivity (Wildman–Crippen MR) is 203 cm³/mol. The number of hydrogen-bond acceptors (Lipinski definition) is 9. The maximum Gasteiger partial charge on any atom is 0.407 e. The topological polar surface area (TPSA) is 192 Å². The molecule has 0 aliphatic carbocycles. The molecule has 4 atom stereocenters. The molecule has 3 aromatic rings. The Morgan fingerprint density at radius 1 is 0.741 bits per heavy atom. The first-order chi connectivity index (χ1) is 25.8. The van der Waals surface area contributed by atoms with Crippen molar-refractivity contribution >= 4 is 58.0 Å². The van der Waals surface area contributed by atoms with Crippen molar-refractivity contribution in [1.29, 1.82) is 0 Å². The Hall–Kier alpha value is -5.60. The van der Waals surface area contributed by atoms with Crippen LogP contribution in [0, 0.1) is 11.8 Å². The number of carbonyl (C=O) groups excluding carboxylic acids is 6. The van der Waals surface area contributed by atoms with Gasteiger partial charge in [-0.05, 0) is 72.1 Å². The molecule has 2 aliphatic heterocycles. The normalized spacial score (nSPS) is 18.0. The van der Waals surface area contributed by atoms with Crippen LogP contribution < -0.4 is 21.3 Å². The van der Waals surface area contributed by atoms with Gasteiger partial charge in [0.1, 0.15) is 24.2 Å². The van der Waals surface area contributed by atoms with Gasteiger partial charge in [0.05, 0.1) is 7.11 Å². The molecular weight excluding hydrogens is 692 g/mol. The van der Waals surface area contributed by atoms with E-state index in [1.54, 1.807) is 24.2 Å². The number of hydrogen-bond donors (Lipinski definition) is 4. The molecule has 2 saturated heterocycles. The third-order valence-electron chi connectivity index (χ3n) is 9.97. The highest BCUT2D eigenvalue weighted by Crippen LogP contribution is 2.28. The molecule has 2 aliphatic rings. The summed E-state index contributed by atoms with van der Waals surface area (Å²) < 4.78 is 4.67. The van der Waals surface area contributed by atoms with E-state index in [-0.39, 0.29) is 47.8 Å². The molecule has 0 unspecified atom stereocenters. The predicted octanol–water partition coefficient (Wildman–Crippen LogP) is 4.09. The van der Waals surface area contributed by atoms with E-state index in [4.69, 9.17) is 0 Å². The third-order valence-corrected chi connectivity index (χ3v) is 9.97. The molecule has 54 heavy (non-hydrogen) atoms. The summed E-state index contributed by atoms with van der Waals surface area (Å²) >= 11 is 0. The number of fused-ring (bicyclic) bond motifs is 1. The molecule has 0 radical (unpaired) electrons. The van der Waals surface area contributed by atoms with Gasteiger partial charge in [0.15, 0.2) is 0 Å². The molecule has 5 rings (SSSR count). The van der Waals surface area contributed by atoms with Gasteiger partial charge in [-0.15, -0.1) is 0 Å². The highest BCUT2D eigenvalue weighted by molar-refractivity contribution is 6.01. The fourth-order valence-corrected chi connectivity index (χ4v) is 6.92. The number of carbonyl (C=O) groups is 6. The first kappa shape index (κ1) is 39.6. The lowest BCUT2D eigenvalue weighted by Gasteiger charge is -2.30. The number of benzene rings is 2. The summed E-state index contributed by atoms with van der Waals surface area (Å²) in [5, 5.41) is 12.9. The smallest absolute Gasteiger partial charge is 0.407 e. The van der Waals surface area contributed by atoms with Crippen LogP contribution in [0.25, 0.3) is 21.9 Å². The fourth-order valence-electron chi connectivity index (χ4n) is 6.92. The molecule has 1 aromatic heterocycles. The van der Waals surface area contributed by atoms with Gasteiger partial charge in [0, 0.05) is 43.2 Å². The molecule has 0 spiro atoms. The first-order valence-electron chi connectivity index (χ1n) is 18.5. The molecule has 4 N–H and O–H groups in total. The van der Waals surface area contributed by atoms with Crippen molar-refractivity contribution in [2.24, 2.45) is 11.8 Å². The first-order valence-corrected chi connectivity index (χ1v) is 18.5. The van der Waals surface area contributed by atoms with Crippen molar-refractivity contribution in [1.82, 2.24) is 30.4 Å². The van der Waals surface area contributed by atoms with Crippen LogP contribution in [-0.2, 0) is 28.7 Å². The van der Waals surface area contributed by atoms with Gasteiger partial charge in [-0.2, -0.15) is 0 Å². The maximum absolute atomic E-state index is 13.4. The van der Waals surface area contributed by atoms with Crippen LogP contribution in [0.1, 0.15) is 66.7 Å². The number of amides is 6. The maximum atomic E-state index is 13.4. The van der Waals surface area contributed by atoms with Gasteiger partial charge < -0.3 is 30.5 Å². The van der Waals surface area contributed by atoms with Crippen molar-refractivity contribution in [2.45, 2.75) is 90.9 Å². The van der Waals surface area contributed by atoms with Crippen LogP contribution in [0.3, 0.4) is 0 Å². The molecule has 288 valence electrons. The standard InChI is InChI=1S/C39H50N8O7/c1-7-31(48)43-32(22(2)3)36(51)46-16-8-10-29(46)34(49)42-28-15-14-24-18-25(12-13-26(24)19-28)27-20-40-38(41-21-27)45-35(50)30-11-9-17-47(30)37(52)33(23(4)5)44-39(53)54-6/h12-15,18-23,29-30,32-33H,7-11,16-17H2,1-6H3,(H,42,49)(H,43,48)(H,44,53)(H,40,41,45,50)/t29-,30-,32-,33-/m0/s1. The van der Waals surface area contributed by atoms with Crippen LogP contribution >= 0.6 is 0 Å². The van der Waals surface area contributed by atoms with Crippen molar-refractivity contribution in [3.8, 4) is 11.1 Å². The second-order valence-electron chi connectivity index (χ2n) is 14.4. The number of anilines is 2. The Kier molecular flexibility index (Phi) is 12.8. The summed E-state index contributed by atoms with van der Waals surface area (Å²) in [5.74, 6) is -1.71. The number of nitrogens with one attached hydrogen (secondary N) is 4. The summed E-state index contributed by atoms with van der Waals surface area (Å²) in [6.45, 7) is 9.95. The van der Waals surface area contributed by atoms with Gasteiger partial charge in [-0.25, -0.2) is 14.8 Å². The Morgan fingerprint density at radius 2 is 1.28 bits per heavy atom. The Labute approximate surface area is 315 Å². The van der Waals surface area contributed by atoms with E-state index < -0.39 is 36.2 Å². The van der Waals surface area contributed by atoms with Crippen LogP contribution in [-0.4, -0.2) is 99.8 Å². The van der Waals surface area contributed by atoms with Gasteiger partial charge >= 0.3 is 6.09 Å². The second kappa shape index (κ2) is 17.5. The Morgan fingerprint density at radius 3 is 1.83 bits per heavy atom. The summed E-state index contributed by atoms with van der Waals surface area (Å²) in [4.78, 5) is 89.1. The lowest BCUT2D eigenvalue weighted by molar-refractivity contribution is -0.141. The Balaban J connectivity index is 1.21. The summed E-state index contributed by atoms with van der Waals surface area (Å²) in [7, 11) is 1.23. The summed E-state index contributed by atoms with van der Waals surface area (Å²) in [5.41, 5.74) is 2.17. The highest BCUT2D eigenvalue weighted by atomic mass is 16.5. The lowest BCUT2D eigenvalue weighted by Crippen LogP contribution is -2.54. The SMILES string of the molecule is CCC(=O)N[C@H](C(=O)N1CCC[C@H]1C(=O)Nc1ccc2cc(-c3cnc(NC(=O)[C@@H]4CCCN4C(=O)[C@@H](NC(=O)OC)C(C)C)nc3)ccc2c1)C(C)C. The van der Waals surface area contributed by atoms with E-state index in [9.17, 15) is 28.8 Å². The Bertz CT molecular complexity index is 1880. The molecule has 15 nitrogen and oxygen atoms in total. The van der Waals surface area contributed by atoms with Gasteiger partial charge in [-0.1, -0.05) is 52.8 Å². The van der Waals surface area contributed by atoms with Crippen molar-refractivity contribution in [3.05, 3.63) is 48.8 Å². The monoisotopic (exact) mass is 742 g/mol. The van der Waals surface area contributed by atoms with E-state index in [0.717, 1.165) is 21.9 Å². The minimum Gasteiger partial charge on any atom is -0.453 e. The molecule has 2 fully saturated rings. The molecular formula is C39H50N8O7. The van der Waals surface area contributed by atoms with Crippen molar-refractivity contribution in [2.75, 3.05) is 30.8 Å². The highest BCUT2D eigenvalue weighted by Gasteiger charge is 2.40. The van der Waals surface area contributed by atoms with Crippen molar-refractivity contribution in [3.63, 3.8) is 0 Å². The van der Waals surface area contributed by atoms with Crippen LogP contribution in [0.15, 0.2) is 48.8 Å². The molecule has 0 saturated carbocycles. The quantitative estimate of drug-likeness (QED) is 0.212. The van der Waals surface area contributed by atoms with E-state index in [0.29, 0.717) is 44.5 Å². The largest absolute Gasteiger partial charge is 0.453 e. The third kappa shape index (κ3) is 9.12. The molecule has 15 heteroatoms. The fraction of sp³-hybridized carbons (Fsp3) is 0.487. The number of methoxy groups -OCH3 is 1. The van der Waals surface area contributed by atoms with Gasteiger partial charge in [0.25, 0.3) is 0 Å². The second-order valence-corrected chi connectivity index (χ2v) is 14.4. The number of nitrogens with zero attached hydrogens (tertiary/aromatic N) is 4. The molecule has 3 heterocycles. The average molecular weight is 743 g/mol. The van der Waals surface area contributed by atoms with Gasteiger partial charge in [-0.3, -0.25) is 29.3 Å². The minimum atomic E-state index is -0.834. The zero-order valence-electron chi connectivity index (χ0n) is 31.7. The number of rotatable bonds is 12. The lowest BCUT2D eigenvalue weighted by atomic mass is 10.0. The van der Waals surface area contributed by atoms with E-state index >= 15 is 0 Å². The minimum absolute atomic E-state index is 0.102.